The highest BCUT2D eigenvalue weighted by Gasteiger charge is 2.26. The molecule has 0 spiro atoms. The van der Waals surface area contributed by atoms with Crippen LogP contribution in [0.5, 0.6) is 11.5 Å². The molecule has 9 heteroatoms. The number of halogens is 5. The number of benzene rings is 2. The van der Waals surface area contributed by atoms with E-state index in [0.29, 0.717) is 17.1 Å². The molecule has 0 saturated heterocycles. The molecular weight excluding hydrogens is 361 g/mol. The number of carbonyl (C=O) groups excluding carboxylic acids is 1. The van der Waals surface area contributed by atoms with Gasteiger partial charge in [-0.25, -0.2) is 22.0 Å². The van der Waals surface area contributed by atoms with Gasteiger partial charge in [-0.3, -0.25) is 4.79 Å². The van der Waals surface area contributed by atoms with Gasteiger partial charge in [-0.15, -0.1) is 0 Å². The molecule has 138 valence electrons. The van der Waals surface area contributed by atoms with Crippen molar-refractivity contribution in [3.63, 3.8) is 0 Å². The summed E-state index contributed by atoms with van der Waals surface area (Å²) in [5.41, 5.74) is -0.960. The van der Waals surface area contributed by atoms with Crippen LogP contribution in [0.3, 0.4) is 0 Å². The fourth-order valence-corrected chi connectivity index (χ4v) is 2.01. The number of carbonyl (C=O) groups is 1. The zero-order valence-corrected chi connectivity index (χ0v) is 13.5. The molecule has 0 saturated carbocycles. The van der Waals surface area contributed by atoms with E-state index in [9.17, 15) is 26.7 Å². The molecule has 0 atom stereocenters. The van der Waals surface area contributed by atoms with Crippen LogP contribution in [0.4, 0.5) is 27.6 Å². The van der Waals surface area contributed by atoms with Gasteiger partial charge in [-0.2, -0.15) is 0 Å². The molecule has 0 bridgehead atoms. The maximum absolute atomic E-state index is 13.5. The number of rotatable bonds is 5. The van der Waals surface area contributed by atoms with Crippen LogP contribution in [0.15, 0.2) is 24.3 Å². The van der Waals surface area contributed by atoms with Gasteiger partial charge in [0.2, 0.25) is 11.7 Å². The van der Waals surface area contributed by atoms with Crippen molar-refractivity contribution >= 4 is 17.7 Å². The zero-order valence-electron chi connectivity index (χ0n) is 13.5. The summed E-state index contributed by atoms with van der Waals surface area (Å²) < 4.78 is 76.3. The van der Waals surface area contributed by atoms with Crippen molar-refractivity contribution in [3.05, 3.63) is 58.9 Å². The van der Waals surface area contributed by atoms with Gasteiger partial charge in [0.15, 0.2) is 34.8 Å². The smallest absolute Gasteiger partial charge is 0.248 e. The van der Waals surface area contributed by atoms with E-state index in [1.54, 1.807) is 17.4 Å². The van der Waals surface area contributed by atoms with Crippen molar-refractivity contribution in [2.75, 3.05) is 19.5 Å². The maximum Gasteiger partial charge on any atom is 0.248 e. The molecule has 1 amide bonds. The SMILES string of the molecule is COc1ccc(C=CC(=O)Nc2c(F)c(F)c(F)c(F)c2F)cc1OC. The van der Waals surface area contributed by atoms with Crippen LogP contribution in [-0.2, 0) is 4.79 Å². The Labute approximate surface area is 144 Å². The lowest BCUT2D eigenvalue weighted by Crippen LogP contribution is -2.14. The Morgan fingerprint density at radius 3 is 1.96 bits per heavy atom. The van der Waals surface area contributed by atoms with Crippen LogP contribution in [0.2, 0.25) is 0 Å². The second-order valence-electron chi connectivity index (χ2n) is 4.88. The lowest BCUT2D eigenvalue weighted by molar-refractivity contribution is -0.111. The first kappa shape index (κ1) is 19.2. The Morgan fingerprint density at radius 1 is 0.885 bits per heavy atom. The first-order valence-electron chi connectivity index (χ1n) is 7.02. The summed E-state index contributed by atoms with van der Waals surface area (Å²) in [7, 11) is 2.84. The third-order valence-corrected chi connectivity index (χ3v) is 3.29. The number of anilines is 1. The van der Waals surface area contributed by atoms with Crippen LogP contribution in [0.25, 0.3) is 6.08 Å². The molecule has 0 aromatic heterocycles. The van der Waals surface area contributed by atoms with Crippen molar-refractivity contribution in [2.24, 2.45) is 0 Å². The largest absolute Gasteiger partial charge is 0.493 e. The highest BCUT2D eigenvalue weighted by atomic mass is 19.2. The van der Waals surface area contributed by atoms with Gasteiger partial charge in [-0.1, -0.05) is 6.07 Å². The quantitative estimate of drug-likeness (QED) is 0.372. The third kappa shape index (κ3) is 3.76. The molecule has 0 aliphatic rings. The number of methoxy groups -OCH3 is 2. The Kier molecular flexibility index (Phi) is 5.81. The number of amides is 1. The number of hydrogen-bond donors (Lipinski definition) is 1. The first-order chi connectivity index (χ1) is 12.3. The van der Waals surface area contributed by atoms with Crippen LogP contribution < -0.4 is 14.8 Å². The minimum atomic E-state index is -2.31. The fourth-order valence-electron chi connectivity index (χ4n) is 2.01. The van der Waals surface area contributed by atoms with E-state index < -0.39 is 40.7 Å². The summed E-state index contributed by atoms with van der Waals surface area (Å²) in [4.78, 5) is 11.7. The van der Waals surface area contributed by atoms with Gasteiger partial charge < -0.3 is 14.8 Å². The molecule has 0 unspecified atom stereocenters. The lowest BCUT2D eigenvalue weighted by atomic mass is 10.2. The van der Waals surface area contributed by atoms with Crippen LogP contribution in [-0.4, -0.2) is 20.1 Å². The number of ether oxygens (including phenoxy) is 2. The average molecular weight is 373 g/mol. The molecular formula is C17H12F5NO3. The zero-order chi connectivity index (χ0) is 19.4. The van der Waals surface area contributed by atoms with Crippen LogP contribution >= 0.6 is 0 Å². The minimum Gasteiger partial charge on any atom is -0.493 e. The molecule has 4 nitrogen and oxygen atoms in total. The van der Waals surface area contributed by atoms with Gasteiger partial charge >= 0.3 is 0 Å². The monoisotopic (exact) mass is 373 g/mol. The van der Waals surface area contributed by atoms with Gasteiger partial charge in [-0.05, 0) is 23.8 Å². The van der Waals surface area contributed by atoms with Crippen molar-refractivity contribution in [1.82, 2.24) is 0 Å². The van der Waals surface area contributed by atoms with Crippen molar-refractivity contribution < 1.29 is 36.2 Å². The summed E-state index contributed by atoms with van der Waals surface area (Å²) in [6.07, 6.45) is 2.11. The summed E-state index contributed by atoms with van der Waals surface area (Å²) in [5, 5.41) is 1.63. The Balaban J connectivity index is 2.23. The van der Waals surface area contributed by atoms with Crippen molar-refractivity contribution in [2.45, 2.75) is 0 Å². The second kappa shape index (κ2) is 7.85. The molecule has 0 fully saturated rings. The fraction of sp³-hybridized carbons (Fsp3) is 0.118. The highest BCUT2D eigenvalue weighted by molar-refractivity contribution is 6.02. The minimum absolute atomic E-state index is 0.370. The van der Waals surface area contributed by atoms with E-state index in [1.807, 2.05) is 0 Å². The third-order valence-electron chi connectivity index (χ3n) is 3.29. The van der Waals surface area contributed by atoms with E-state index in [1.165, 1.54) is 26.4 Å². The molecule has 1 N–H and O–H groups in total. The Hall–Kier alpha value is -3.10. The van der Waals surface area contributed by atoms with Crippen molar-refractivity contribution in [3.8, 4) is 11.5 Å². The van der Waals surface area contributed by atoms with Gasteiger partial charge in [0.1, 0.15) is 5.69 Å². The topological polar surface area (TPSA) is 47.6 Å². The predicted octanol–water partition coefficient (Wildman–Crippen LogP) is 4.05. The predicted molar refractivity (Wildman–Crippen MR) is 83.4 cm³/mol. The molecule has 0 aliphatic heterocycles. The van der Waals surface area contributed by atoms with E-state index in [2.05, 4.69) is 0 Å². The summed E-state index contributed by atoms with van der Waals surface area (Å²) >= 11 is 0. The summed E-state index contributed by atoms with van der Waals surface area (Å²) in [6.45, 7) is 0. The highest BCUT2D eigenvalue weighted by Crippen LogP contribution is 2.29. The molecule has 0 heterocycles. The van der Waals surface area contributed by atoms with Crippen LogP contribution in [0, 0.1) is 29.1 Å². The molecule has 2 rings (SSSR count). The normalized spacial score (nSPS) is 10.9. The summed E-state index contributed by atoms with van der Waals surface area (Å²) in [5.74, 6) is -11.2. The van der Waals surface area contributed by atoms with Crippen molar-refractivity contribution in [1.29, 1.82) is 0 Å². The molecule has 26 heavy (non-hydrogen) atoms. The molecule has 2 aromatic carbocycles. The van der Waals surface area contributed by atoms with Gasteiger partial charge in [0.05, 0.1) is 14.2 Å². The van der Waals surface area contributed by atoms with Gasteiger partial charge in [0.25, 0.3) is 0 Å². The average Bonchev–Trinajstić information content (AvgIpc) is 2.66. The van der Waals surface area contributed by atoms with Gasteiger partial charge in [0, 0.05) is 6.08 Å². The van der Waals surface area contributed by atoms with E-state index in [0.717, 1.165) is 6.08 Å². The van der Waals surface area contributed by atoms with E-state index >= 15 is 0 Å². The molecule has 0 radical (unpaired) electrons. The Morgan fingerprint density at radius 2 is 1.42 bits per heavy atom. The van der Waals surface area contributed by atoms with E-state index in [4.69, 9.17) is 9.47 Å². The molecule has 2 aromatic rings. The summed E-state index contributed by atoms with van der Waals surface area (Å²) in [6, 6.07) is 4.63. The standard InChI is InChI=1S/C17H12F5NO3/c1-25-9-5-3-8(7-10(9)26-2)4-6-11(24)23-17-15(21)13(19)12(18)14(20)16(17)22/h3-7H,1-2H3,(H,23,24). The second-order valence-corrected chi connectivity index (χ2v) is 4.88. The maximum atomic E-state index is 13.5. The number of nitrogens with one attached hydrogen (secondary N) is 1. The van der Waals surface area contributed by atoms with Crippen LogP contribution in [0.1, 0.15) is 5.56 Å². The van der Waals surface area contributed by atoms with E-state index in [-0.39, 0.29) is 0 Å². The lowest BCUT2D eigenvalue weighted by Gasteiger charge is -2.09. The number of hydrogen-bond acceptors (Lipinski definition) is 3. The Bertz CT molecular complexity index is 854. The molecule has 0 aliphatic carbocycles. The first-order valence-corrected chi connectivity index (χ1v) is 7.02.